The molecule has 1 heterocycles. The lowest BCUT2D eigenvalue weighted by Crippen LogP contribution is -2.30. The number of hydrogen-bond donors (Lipinski definition) is 2. The number of furan rings is 1. The van der Waals surface area contributed by atoms with Crippen molar-refractivity contribution >= 4 is 40.8 Å². The predicted octanol–water partition coefficient (Wildman–Crippen LogP) is 4.37. The standard InChI is InChI=1S/C21H17ClN2O5/c1-13(19(25)23-15-10-8-14(22)9-11-15)29-21(27)16-5-2-3-6-17(16)24-20(26)18-7-4-12-28-18/h2-13H,1H3,(H,23,25)(H,24,26)/t13-/m0/s1. The Bertz CT molecular complexity index is 1020. The molecule has 2 aromatic carbocycles. The van der Waals surface area contributed by atoms with Crippen LogP contribution in [0.1, 0.15) is 27.8 Å². The summed E-state index contributed by atoms with van der Waals surface area (Å²) in [5, 5.41) is 5.77. The number of hydrogen-bond acceptors (Lipinski definition) is 5. The van der Waals surface area contributed by atoms with Gasteiger partial charge in [0.05, 0.1) is 17.5 Å². The normalized spacial score (nSPS) is 11.4. The smallest absolute Gasteiger partial charge is 0.341 e. The van der Waals surface area contributed by atoms with Crippen molar-refractivity contribution in [2.24, 2.45) is 0 Å². The second-order valence-corrected chi connectivity index (χ2v) is 6.46. The largest absolute Gasteiger partial charge is 0.459 e. The number of para-hydroxylation sites is 1. The van der Waals surface area contributed by atoms with Gasteiger partial charge in [0.15, 0.2) is 11.9 Å². The Morgan fingerprint density at radius 1 is 0.966 bits per heavy atom. The highest BCUT2D eigenvalue weighted by molar-refractivity contribution is 6.30. The van der Waals surface area contributed by atoms with Crippen LogP contribution in [-0.4, -0.2) is 23.9 Å². The van der Waals surface area contributed by atoms with Crippen LogP contribution < -0.4 is 10.6 Å². The lowest BCUT2D eigenvalue weighted by atomic mass is 10.1. The van der Waals surface area contributed by atoms with Gasteiger partial charge in [-0.2, -0.15) is 0 Å². The molecule has 0 saturated carbocycles. The lowest BCUT2D eigenvalue weighted by molar-refractivity contribution is -0.123. The zero-order valence-electron chi connectivity index (χ0n) is 15.3. The minimum atomic E-state index is -1.06. The minimum Gasteiger partial charge on any atom is -0.459 e. The van der Waals surface area contributed by atoms with Crippen molar-refractivity contribution in [3.8, 4) is 0 Å². The van der Waals surface area contributed by atoms with Crippen LogP contribution in [0.5, 0.6) is 0 Å². The average Bonchev–Trinajstić information content (AvgIpc) is 3.25. The van der Waals surface area contributed by atoms with Crippen LogP contribution in [-0.2, 0) is 9.53 Å². The van der Waals surface area contributed by atoms with Crippen molar-refractivity contribution < 1.29 is 23.5 Å². The summed E-state index contributed by atoms with van der Waals surface area (Å²) in [5.41, 5.74) is 0.871. The number of esters is 1. The Labute approximate surface area is 171 Å². The van der Waals surface area contributed by atoms with Crippen LogP contribution in [0.15, 0.2) is 71.3 Å². The van der Waals surface area contributed by atoms with E-state index in [0.29, 0.717) is 10.7 Å². The van der Waals surface area contributed by atoms with E-state index < -0.39 is 23.9 Å². The summed E-state index contributed by atoms with van der Waals surface area (Å²) in [6.45, 7) is 1.45. The van der Waals surface area contributed by atoms with E-state index >= 15 is 0 Å². The van der Waals surface area contributed by atoms with Gasteiger partial charge in [0, 0.05) is 10.7 Å². The molecule has 0 spiro atoms. The second-order valence-electron chi connectivity index (χ2n) is 6.02. The molecule has 0 aliphatic rings. The average molecular weight is 413 g/mol. The van der Waals surface area contributed by atoms with Crippen molar-refractivity contribution in [1.82, 2.24) is 0 Å². The van der Waals surface area contributed by atoms with E-state index in [1.807, 2.05) is 0 Å². The quantitative estimate of drug-likeness (QED) is 0.586. The SMILES string of the molecule is C[C@H](OC(=O)c1ccccc1NC(=O)c1ccco1)C(=O)Nc1ccc(Cl)cc1. The van der Waals surface area contributed by atoms with Gasteiger partial charge in [-0.3, -0.25) is 9.59 Å². The molecule has 148 valence electrons. The number of halogens is 1. The van der Waals surface area contributed by atoms with Gasteiger partial charge in [-0.15, -0.1) is 0 Å². The van der Waals surface area contributed by atoms with Gasteiger partial charge in [0.25, 0.3) is 11.8 Å². The molecule has 1 atom stereocenters. The third-order valence-corrected chi connectivity index (χ3v) is 4.16. The summed E-state index contributed by atoms with van der Waals surface area (Å²) in [6.07, 6.45) is 0.308. The van der Waals surface area contributed by atoms with Gasteiger partial charge in [-0.25, -0.2) is 4.79 Å². The first-order valence-electron chi connectivity index (χ1n) is 8.65. The Morgan fingerprint density at radius 2 is 1.69 bits per heavy atom. The monoisotopic (exact) mass is 412 g/mol. The maximum Gasteiger partial charge on any atom is 0.341 e. The van der Waals surface area contributed by atoms with E-state index in [1.165, 1.54) is 25.3 Å². The summed E-state index contributed by atoms with van der Waals surface area (Å²) in [7, 11) is 0. The molecule has 0 bridgehead atoms. The molecule has 2 N–H and O–H groups in total. The third kappa shape index (κ3) is 5.24. The Hall–Kier alpha value is -3.58. The van der Waals surface area contributed by atoms with Crippen molar-refractivity contribution in [2.45, 2.75) is 13.0 Å². The summed E-state index contributed by atoms with van der Waals surface area (Å²) in [4.78, 5) is 37.0. The number of carbonyl (C=O) groups is 3. The fraction of sp³-hybridized carbons (Fsp3) is 0.0952. The Balaban J connectivity index is 1.66. The predicted molar refractivity (Wildman–Crippen MR) is 108 cm³/mol. The lowest BCUT2D eigenvalue weighted by Gasteiger charge is -2.15. The van der Waals surface area contributed by atoms with Gasteiger partial charge in [0.2, 0.25) is 0 Å². The van der Waals surface area contributed by atoms with E-state index in [1.54, 1.807) is 48.5 Å². The highest BCUT2D eigenvalue weighted by Crippen LogP contribution is 2.19. The van der Waals surface area contributed by atoms with Crippen LogP contribution in [0, 0.1) is 0 Å². The molecule has 0 fully saturated rings. The number of carbonyl (C=O) groups excluding carboxylic acids is 3. The van der Waals surface area contributed by atoms with E-state index in [-0.39, 0.29) is 17.0 Å². The van der Waals surface area contributed by atoms with Crippen LogP contribution in [0.4, 0.5) is 11.4 Å². The van der Waals surface area contributed by atoms with Crippen LogP contribution in [0.3, 0.4) is 0 Å². The molecule has 3 rings (SSSR count). The van der Waals surface area contributed by atoms with Crippen molar-refractivity contribution in [1.29, 1.82) is 0 Å². The molecule has 29 heavy (non-hydrogen) atoms. The Morgan fingerprint density at radius 3 is 2.38 bits per heavy atom. The molecule has 0 unspecified atom stereocenters. The molecule has 0 radical (unpaired) electrons. The van der Waals surface area contributed by atoms with Crippen molar-refractivity contribution in [3.05, 3.63) is 83.3 Å². The highest BCUT2D eigenvalue weighted by atomic mass is 35.5. The Kier molecular flexibility index (Phi) is 6.31. The first-order chi connectivity index (χ1) is 13.9. The van der Waals surface area contributed by atoms with E-state index in [9.17, 15) is 14.4 Å². The number of rotatable bonds is 6. The first kappa shape index (κ1) is 20.2. The number of ether oxygens (including phenoxy) is 1. The minimum absolute atomic E-state index is 0.101. The van der Waals surface area contributed by atoms with E-state index in [0.717, 1.165) is 0 Å². The van der Waals surface area contributed by atoms with Crippen LogP contribution in [0.25, 0.3) is 0 Å². The van der Waals surface area contributed by atoms with Gasteiger partial charge >= 0.3 is 5.97 Å². The topological polar surface area (TPSA) is 97.6 Å². The summed E-state index contributed by atoms with van der Waals surface area (Å²) < 4.78 is 10.3. The molecule has 3 aromatic rings. The van der Waals surface area contributed by atoms with Gasteiger partial charge in [-0.05, 0) is 55.5 Å². The van der Waals surface area contributed by atoms with Crippen LogP contribution in [0.2, 0.25) is 5.02 Å². The number of nitrogens with one attached hydrogen (secondary N) is 2. The van der Waals surface area contributed by atoms with E-state index in [2.05, 4.69) is 10.6 Å². The van der Waals surface area contributed by atoms with Crippen molar-refractivity contribution in [2.75, 3.05) is 10.6 Å². The zero-order chi connectivity index (χ0) is 20.8. The molecule has 0 saturated heterocycles. The van der Waals surface area contributed by atoms with Gasteiger partial charge < -0.3 is 19.8 Å². The van der Waals surface area contributed by atoms with E-state index in [4.69, 9.17) is 20.8 Å². The maximum atomic E-state index is 12.6. The van der Waals surface area contributed by atoms with Crippen molar-refractivity contribution in [3.63, 3.8) is 0 Å². The third-order valence-electron chi connectivity index (χ3n) is 3.90. The molecule has 1 aromatic heterocycles. The molecular formula is C21H17ClN2O5. The molecule has 7 nitrogen and oxygen atoms in total. The van der Waals surface area contributed by atoms with Crippen LogP contribution >= 0.6 is 11.6 Å². The van der Waals surface area contributed by atoms with Gasteiger partial charge in [0.1, 0.15) is 0 Å². The number of anilines is 2. The zero-order valence-corrected chi connectivity index (χ0v) is 16.1. The summed E-state index contributed by atoms with van der Waals surface area (Å²) >= 11 is 5.81. The summed E-state index contributed by atoms with van der Waals surface area (Å²) in [5.74, 6) is -1.66. The highest BCUT2D eigenvalue weighted by Gasteiger charge is 2.22. The molecular weight excluding hydrogens is 396 g/mol. The number of benzene rings is 2. The fourth-order valence-corrected chi connectivity index (χ4v) is 2.54. The maximum absolute atomic E-state index is 12.6. The fourth-order valence-electron chi connectivity index (χ4n) is 2.42. The molecule has 2 amide bonds. The first-order valence-corrected chi connectivity index (χ1v) is 9.03. The summed E-state index contributed by atoms with van der Waals surface area (Å²) in [6, 6.07) is 15.9. The molecule has 0 aliphatic carbocycles. The van der Waals surface area contributed by atoms with Gasteiger partial charge in [-0.1, -0.05) is 23.7 Å². The molecule has 0 aliphatic heterocycles. The second kappa shape index (κ2) is 9.07. The molecule has 8 heteroatoms. The number of amides is 2.